The van der Waals surface area contributed by atoms with E-state index in [0.29, 0.717) is 12.3 Å². The Kier molecular flexibility index (Phi) is 6.50. The van der Waals surface area contributed by atoms with Gasteiger partial charge in [0, 0.05) is 30.9 Å². The molecule has 2 saturated heterocycles. The zero-order chi connectivity index (χ0) is 18.4. The number of nitrogens with one attached hydrogen (secondary N) is 3. The third-order valence-corrected chi connectivity index (χ3v) is 5.30. The summed E-state index contributed by atoms with van der Waals surface area (Å²) in [6.45, 7) is 5.91. The van der Waals surface area contributed by atoms with Gasteiger partial charge in [-0.2, -0.15) is 0 Å². The number of rotatable bonds is 7. The summed E-state index contributed by atoms with van der Waals surface area (Å²) in [5.41, 5.74) is 1.92. The van der Waals surface area contributed by atoms with Gasteiger partial charge in [0.2, 0.25) is 11.8 Å². The number of benzene rings is 1. The molecule has 0 aliphatic carbocycles. The summed E-state index contributed by atoms with van der Waals surface area (Å²) < 4.78 is 0. The second-order valence-corrected chi connectivity index (χ2v) is 7.42. The highest BCUT2D eigenvalue weighted by atomic mass is 16.2. The van der Waals surface area contributed by atoms with Gasteiger partial charge in [-0.05, 0) is 69.8 Å². The highest BCUT2D eigenvalue weighted by molar-refractivity contribution is 5.97. The topological polar surface area (TPSA) is 73.5 Å². The van der Waals surface area contributed by atoms with E-state index in [9.17, 15) is 9.59 Å². The van der Waals surface area contributed by atoms with E-state index in [1.54, 1.807) is 6.92 Å². The molecular formula is C20H30N4O2. The van der Waals surface area contributed by atoms with Gasteiger partial charge in [0.1, 0.15) is 6.04 Å². The Labute approximate surface area is 155 Å². The van der Waals surface area contributed by atoms with Crippen LogP contribution in [0.1, 0.15) is 39.0 Å². The van der Waals surface area contributed by atoms with Crippen LogP contribution in [0.5, 0.6) is 0 Å². The summed E-state index contributed by atoms with van der Waals surface area (Å²) in [5.74, 6) is 0.350. The van der Waals surface area contributed by atoms with Gasteiger partial charge in [0.25, 0.3) is 0 Å². The standard InChI is InChI=1S/C20H30N4O2/c1-15(22-19(25)8-7-16-9-10-21-14-16)20(26)23-17-5-4-6-18(13-17)24-11-2-3-12-24/h4-6,13,15-16,21H,2-3,7-12,14H2,1H3,(H,22,25)(H,23,26). The van der Waals surface area contributed by atoms with Crippen LogP contribution in [0.25, 0.3) is 0 Å². The van der Waals surface area contributed by atoms with Crippen molar-refractivity contribution in [1.29, 1.82) is 0 Å². The van der Waals surface area contributed by atoms with Crippen molar-refractivity contribution in [3.8, 4) is 0 Å². The molecule has 1 aromatic carbocycles. The van der Waals surface area contributed by atoms with Crippen LogP contribution in [0, 0.1) is 5.92 Å². The molecule has 3 rings (SSSR count). The smallest absolute Gasteiger partial charge is 0.246 e. The van der Waals surface area contributed by atoms with E-state index >= 15 is 0 Å². The molecule has 26 heavy (non-hydrogen) atoms. The van der Waals surface area contributed by atoms with E-state index in [1.165, 1.54) is 12.8 Å². The third-order valence-electron chi connectivity index (χ3n) is 5.30. The van der Waals surface area contributed by atoms with Gasteiger partial charge in [-0.15, -0.1) is 0 Å². The lowest BCUT2D eigenvalue weighted by Crippen LogP contribution is -2.41. The predicted molar refractivity (Wildman–Crippen MR) is 104 cm³/mol. The van der Waals surface area contributed by atoms with Crippen LogP contribution in [0.3, 0.4) is 0 Å². The molecule has 0 bridgehead atoms. The molecular weight excluding hydrogens is 328 g/mol. The molecule has 3 N–H and O–H groups in total. The fraction of sp³-hybridized carbons (Fsp3) is 0.600. The average molecular weight is 358 g/mol. The minimum atomic E-state index is -0.542. The largest absolute Gasteiger partial charge is 0.371 e. The Morgan fingerprint density at radius 2 is 2.12 bits per heavy atom. The summed E-state index contributed by atoms with van der Waals surface area (Å²) >= 11 is 0. The molecule has 2 unspecified atom stereocenters. The Bertz CT molecular complexity index is 622. The molecule has 142 valence electrons. The summed E-state index contributed by atoms with van der Waals surface area (Å²) in [7, 11) is 0. The molecule has 0 radical (unpaired) electrons. The van der Waals surface area contributed by atoms with Gasteiger partial charge in [-0.1, -0.05) is 6.07 Å². The van der Waals surface area contributed by atoms with E-state index in [0.717, 1.165) is 50.4 Å². The molecule has 0 saturated carbocycles. The van der Waals surface area contributed by atoms with Crippen LogP contribution in [0.2, 0.25) is 0 Å². The number of hydrogen-bond donors (Lipinski definition) is 3. The van der Waals surface area contributed by atoms with Crippen LogP contribution in [0.15, 0.2) is 24.3 Å². The normalized spacial score (nSPS) is 20.8. The number of nitrogens with zero attached hydrogens (tertiary/aromatic N) is 1. The van der Waals surface area contributed by atoms with E-state index < -0.39 is 6.04 Å². The van der Waals surface area contributed by atoms with Gasteiger partial charge in [-0.25, -0.2) is 0 Å². The predicted octanol–water partition coefficient (Wildman–Crippen LogP) is 2.12. The van der Waals surface area contributed by atoms with Crippen LogP contribution in [0.4, 0.5) is 11.4 Å². The van der Waals surface area contributed by atoms with Crippen LogP contribution < -0.4 is 20.9 Å². The number of anilines is 2. The molecule has 0 aromatic heterocycles. The van der Waals surface area contributed by atoms with Gasteiger partial charge < -0.3 is 20.9 Å². The zero-order valence-corrected chi connectivity index (χ0v) is 15.6. The maximum absolute atomic E-state index is 12.4. The summed E-state index contributed by atoms with van der Waals surface area (Å²) in [4.78, 5) is 26.8. The Morgan fingerprint density at radius 3 is 2.85 bits per heavy atom. The van der Waals surface area contributed by atoms with Crippen molar-refractivity contribution >= 4 is 23.2 Å². The van der Waals surface area contributed by atoms with Crippen molar-refractivity contribution in [2.45, 2.75) is 45.1 Å². The fourth-order valence-electron chi connectivity index (χ4n) is 3.68. The second-order valence-electron chi connectivity index (χ2n) is 7.42. The third kappa shape index (κ3) is 5.21. The van der Waals surface area contributed by atoms with Crippen molar-refractivity contribution in [3.05, 3.63) is 24.3 Å². The lowest BCUT2D eigenvalue weighted by molar-refractivity contribution is -0.126. The lowest BCUT2D eigenvalue weighted by atomic mass is 10.0. The van der Waals surface area contributed by atoms with E-state index in [4.69, 9.17) is 0 Å². The molecule has 6 nitrogen and oxygen atoms in total. The van der Waals surface area contributed by atoms with Crippen LogP contribution in [-0.2, 0) is 9.59 Å². The van der Waals surface area contributed by atoms with Crippen LogP contribution >= 0.6 is 0 Å². The first-order valence-electron chi connectivity index (χ1n) is 9.78. The Morgan fingerprint density at radius 1 is 1.31 bits per heavy atom. The van der Waals surface area contributed by atoms with Gasteiger partial charge in [0.05, 0.1) is 0 Å². The Balaban J connectivity index is 1.45. The molecule has 0 spiro atoms. The molecule has 2 fully saturated rings. The first-order valence-corrected chi connectivity index (χ1v) is 9.78. The van der Waals surface area contributed by atoms with Crippen molar-refractivity contribution in [2.24, 2.45) is 5.92 Å². The number of amides is 2. The Hall–Kier alpha value is -2.08. The van der Waals surface area contributed by atoms with Gasteiger partial charge >= 0.3 is 0 Å². The van der Waals surface area contributed by atoms with Crippen molar-refractivity contribution in [3.63, 3.8) is 0 Å². The minimum absolute atomic E-state index is 0.0506. The molecule has 1 aromatic rings. The van der Waals surface area contributed by atoms with Crippen molar-refractivity contribution < 1.29 is 9.59 Å². The first-order chi connectivity index (χ1) is 12.6. The maximum atomic E-state index is 12.4. The number of hydrogen-bond acceptors (Lipinski definition) is 4. The fourth-order valence-corrected chi connectivity index (χ4v) is 3.68. The molecule has 2 aliphatic heterocycles. The minimum Gasteiger partial charge on any atom is -0.371 e. The first kappa shape index (κ1) is 18.7. The maximum Gasteiger partial charge on any atom is 0.246 e. The average Bonchev–Trinajstić information content (AvgIpc) is 3.34. The van der Waals surface area contributed by atoms with Crippen molar-refractivity contribution in [1.82, 2.24) is 10.6 Å². The van der Waals surface area contributed by atoms with E-state index in [2.05, 4.69) is 26.9 Å². The van der Waals surface area contributed by atoms with Crippen LogP contribution in [-0.4, -0.2) is 44.0 Å². The SMILES string of the molecule is CC(NC(=O)CCC1CCNC1)C(=O)Nc1cccc(N2CCCC2)c1. The molecule has 2 aliphatic rings. The zero-order valence-electron chi connectivity index (χ0n) is 15.6. The molecule has 2 amide bonds. The van der Waals surface area contributed by atoms with Crippen molar-refractivity contribution in [2.75, 3.05) is 36.4 Å². The van der Waals surface area contributed by atoms with E-state index in [1.807, 2.05) is 18.2 Å². The number of carbonyl (C=O) groups excluding carboxylic acids is 2. The molecule has 6 heteroatoms. The quantitative estimate of drug-likeness (QED) is 0.698. The van der Waals surface area contributed by atoms with Gasteiger partial charge in [-0.3, -0.25) is 9.59 Å². The molecule has 2 atom stereocenters. The van der Waals surface area contributed by atoms with Gasteiger partial charge in [0.15, 0.2) is 0 Å². The molecule has 2 heterocycles. The second kappa shape index (κ2) is 9.03. The number of carbonyl (C=O) groups is 2. The summed E-state index contributed by atoms with van der Waals surface area (Å²) in [6.07, 6.45) is 4.93. The highest BCUT2D eigenvalue weighted by Gasteiger charge is 2.19. The highest BCUT2D eigenvalue weighted by Crippen LogP contribution is 2.23. The monoisotopic (exact) mass is 358 g/mol. The summed E-state index contributed by atoms with van der Waals surface area (Å²) in [5, 5.41) is 9.04. The summed E-state index contributed by atoms with van der Waals surface area (Å²) in [6, 6.07) is 7.38. The van der Waals surface area contributed by atoms with E-state index in [-0.39, 0.29) is 11.8 Å². The lowest BCUT2D eigenvalue weighted by Gasteiger charge is -2.19.